The van der Waals surface area contributed by atoms with Crippen molar-refractivity contribution in [3.63, 3.8) is 0 Å². The summed E-state index contributed by atoms with van der Waals surface area (Å²) in [5.41, 5.74) is 2.09. The van der Waals surface area contributed by atoms with E-state index in [1.807, 2.05) is 24.3 Å². The minimum Gasteiger partial charge on any atom is -0.341 e. The number of aromatic amines is 1. The first-order valence-electron chi connectivity index (χ1n) is 7.13. The van der Waals surface area contributed by atoms with Gasteiger partial charge in [-0.25, -0.2) is 15.0 Å². The first-order valence-corrected chi connectivity index (χ1v) is 8.93. The fraction of sp³-hybridized carbons (Fsp3) is 0.188. The highest BCUT2D eigenvalue weighted by Crippen LogP contribution is 2.32. The van der Waals surface area contributed by atoms with Crippen LogP contribution in [0.4, 0.5) is 0 Å². The molecule has 0 amide bonds. The molecule has 4 aromatic rings. The van der Waals surface area contributed by atoms with Crippen molar-refractivity contribution in [3.05, 3.63) is 47.4 Å². The quantitative estimate of drug-likeness (QED) is 0.437. The summed E-state index contributed by atoms with van der Waals surface area (Å²) in [6.07, 6.45) is 2.69. The number of hydrogen-bond acceptors (Lipinski definition) is 5. The van der Waals surface area contributed by atoms with Crippen LogP contribution in [-0.2, 0) is 12.2 Å². The van der Waals surface area contributed by atoms with Crippen LogP contribution in [0.15, 0.2) is 41.7 Å². The monoisotopic (exact) mass is 328 g/mol. The van der Waals surface area contributed by atoms with Gasteiger partial charge in [0.25, 0.3) is 0 Å². The van der Waals surface area contributed by atoms with Gasteiger partial charge in [0.05, 0.1) is 16.8 Å². The third-order valence-corrected chi connectivity index (χ3v) is 5.68. The molecule has 0 fully saturated rings. The Balaban J connectivity index is 0.00000156. The fourth-order valence-electron chi connectivity index (χ4n) is 2.38. The Morgan fingerprint density at radius 2 is 2.18 bits per heavy atom. The molecular formula is C16H16N4S2. The Morgan fingerprint density at radius 1 is 1.27 bits per heavy atom. The number of thioether (sulfide) groups is 1. The minimum atomic E-state index is 0. The van der Waals surface area contributed by atoms with Gasteiger partial charge in [-0.05, 0) is 24.6 Å². The molecule has 4 rings (SSSR count). The lowest BCUT2D eigenvalue weighted by Crippen LogP contribution is -1.87. The van der Waals surface area contributed by atoms with E-state index in [0.29, 0.717) is 0 Å². The summed E-state index contributed by atoms with van der Waals surface area (Å²) in [6.45, 7) is 2.17. The average molecular weight is 328 g/mol. The molecule has 0 aliphatic rings. The number of nitrogens with one attached hydrogen (secondary N) is 1. The SMILES string of the molecule is CCc1cc2c(SCc3nc4ccccc4[nH]3)ncnc2s1.[HH]. The Labute approximate surface area is 137 Å². The highest BCUT2D eigenvalue weighted by atomic mass is 32.2. The summed E-state index contributed by atoms with van der Waals surface area (Å²) in [6, 6.07) is 10.3. The first kappa shape index (κ1) is 13.7. The zero-order valence-corrected chi connectivity index (χ0v) is 13.7. The van der Waals surface area contributed by atoms with E-state index in [1.54, 1.807) is 29.4 Å². The van der Waals surface area contributed by atoms with E-state index < -0.39 is 0 Å². The predicted octanol–water partition coefficient (Wildman–Crippen LogP) is 4.67. The standard InChI is InChI=1S/C16H14N4S2.H2/c1-2-10-7-11-15(17-9-18-16(11)22-10)21-8-14-19-12-5-3-4-6-13(12)20-14;/h3-7,9H,2,8H2,1H3,(H,19,20);1H. The lowest BCUT2D eigenvalue weighted by atomic mass is 10.3. The molecule has 1 aromatic carbocycles. The number of nitrogens with zero attached hydrogens (tertiary/aromatic N) is 3. The van der Waals surface area contributed by atoms with Gasteiger partial charge in [0, 0.05) is 11.7 Å². The number of thiophene rings is 1. The van der Waals surface area contributed by atoms with Crippen molar-refractivity contribution in [2.24, 2.45) is 0 Å². The number of para-hydroxylation sites is 2. The maximum absolute atomic E-state index is 4.61. The van der Waals surface area contributed by atoms with Crippen molar-refractivity contribution in [2.45, 2.75) is 24.1 Å². The topological polar surface area (TPSA) is 54.5 Å². The Kier molecular flexibility index (Phi) is 3.56. The van der Waals surface area contributed by atoms with Gasteiger partial charge in [0.1, 0.15) is 22.0 Å². The molecule has 0 atom stereocenters. The van der Waals surface area contributed by atoms with E-state index in [-0.39, 0.29) is 1.43 Å². The smallest absolute Gasteiger partial charge is 0.128 e. The Bertz CT molecular complexity index is 914. The number of H-pyrrole nitrogens is 1. The molecule has 3 heterocycles. The zero-order valence-electron chi connectivity index (χ0n) is 12.0. The van der Waals surface area contributed by atoms with E-state index in [2.05, 4.69) is 32.9 Å². The van der Waals surface area contributed by atoms with Gasteiger partial charge in [-0.3, -0.25) is 0 Å². The van der Waals surface area contributed by atoms with Gasteiger partial charge in [-0.15, -0.1) is 11.3 Å². The van der Waals surface area contributed by atoms with E-state index in [4.69, 9.17) is 0 Å². The summed E-state index contributed by atoms with van der Waals surface area (Å²) in [5, 5.41) is 2.19. The predicted molar refractivity (Wildman–Crippen MR) is 94.6 cm³/mol. The molecule has 0 radical (unpaired) electrons. The van der Waals surface area contributed by atoms with E-state index in [0.717, 1.165) is 44.3 Å². The minimum absolute atomic E-state index is 0. The molecule has 0 unspecified atom stereocenters. The number of benzene rings is 1. The lowest BCUT2D eigenvalue weighted by Gasteiger charge is -1.99. The molecule has 0 saturated carbocycles. The van der Waals surface area contributed by atoms with Crippen LogP contribution >= 0.6 is 23.1 Å². The largest absolute Gasteiger partial charge is 0.341 e. The molecule has 4 nitrogen and oxygen atoms in total. The molecule has 6 heteroatoms. The summed E-state index contributed by atoms with van der Waals surface area (Å²) < 4.78 is 0. The maximum Gasteiger partial charge on any atom is 0.128 e. The Hall–Kier alpha value is -1.92. The van der Waals surface area contributed by atoms with Crippen LogP contribution in [0.1, 0.15) is 19.1 Å². The van der Waals surface area contributed by atoms with Crippen LogP contribution in [0.3, 0.4) is 0 Å². The van der Waals surface area contributed by atoms with Crippen molar-refractivity contribution in [2.75, 3.05) is 0 Å². The molecule has 0 aliphatic heterocycles. The summed E-state index contributed by atoms with van der Waals surface area (Å²) in [7, 11) is 0. The summed E-state index contributed by atoms with van der Waals surface area (Å²) in [5.74, 6) is 1.75. The van der Waals surface area contributed by atoms with Crippen molar-refractivity contribution in [1.82, 2.24) is 19.9 Å². The van der Waals surface area contributed by atoms with Gasteiger partial charge >= 0.3 is 0 Å². The fourth-order valence-corrected chi connectivity index (χ4v) is 4.23. The first-order chi connectivity index (χ1) is 10.8. The zero-order chi connectivity index (χ0) is 14.9. The molecular weight excluding hydrogens is 312 g/mol. The summed E-state index contributed by atoms with van der Waals surface area (Å²) >= 11 is 3.45. The van der Waals surface area contributed by atoms with Crippen LogP contribution < -0.4 is 0 Å². The second kappa shape index (κ2) is 5.70. The van der Waals surface area contributed by atoms with Crippen molar-refractivity contribution in [1.29, 1.82) is 0 Å². The molecule has 22 heavy (non-hydrogen) atoms. The molecule has 112 valence electrons. The third kappa shape index (κ3) is 2.48. The normalized spacial score (nSPS) is 11.5. The van der Waals surface area contributed by atoms with Gasteiger partial charge in [-0.1, -0.05) is 30.8 Å². The number of hydrogen-bond donors (Lipinski definition) is 1. The lowest BCUT2D eigenvalue weighted by molar-refractivity contribution is 1.09. The molecule has 0 spiro atoms. The van der Waals surface area contributed by atoms with Gasteiger partial charge in [-0.2, -0.15) is 0 Å². The molecule has 1 N–H and O–H groups in total. The molecule has 0 aliphatic carbocycles. The van der Waals surface area contributed by atoms with Crippen LogP contribution in [0.5, 0.6) is 0 Å². The van der Waals surface area contributed by atoms with Crippen molar-refractivity contribution < 1.29 is 1.43 Å². The Morgan fingerprint density at radius 3 is 3.05 bits per heavy atom. The number of rotatable bonds is 4. The van der Waals surface area contributed by atoms with E-state index in [1.165, 1.54) is 4.88 Å². The second-order valence-corrected chi connectivity index (χ2v) is 7.03. The van der Waals surface area contributed by atoms with Crippen LogP contribution in [-0.4, -0.2) is 19.9 Å². The van der Waals surface area contributed by atoms with Crippen LogP contribution in [0, 0.1) is 0 Å². The molecule has 3 aromatic heterocycles. The number of imidazole rings is 1. The van der Waals surface area contributed by atoms with Crippen LogP contribution in [0.2, 0.25) is 0 Å². The van der Waals surface area contributed by atoms with Crippen molar-refractivity contribution in [3.8, 4) is 0 Å². The van der Waals surface area contributed by atoms with E-state index >= 15 is 0 Å². The highest BCUT2D eigenvalue weighted by molar-refractivity contribution is 7.98. The van der Waals surface area contributed by atoms with Gasteiger partial charge < -0.3 is 4.98 Å². The van der Waals surface area contributed by atoms with Gasteiger partial charge in [0.15, 0.2) is 0 Å². The highest BCUT2D eigenvalue weighted by Gasteiger charge is 2.10. The third-order valence-electron chi connectivity index (χ3n) is 3.48. The number of fused-ring (bicyclic) bond motifs is 2. The maximum atomic E-state index is 4.61. The summed E-state index contributed by atoms with van der Waals surface area (Å²) in [4.78, 5) is 19.2. The van der Waals surface area contributed by atoms with E-state index in [9.17, 15) is 0 Å². The average Bonchev–Trinajstić information content (AvgIpc) is 3.15. The number of aromatic nitrogens is 4. The molecule has 0 saturated heterocycles. The van der Waals surface area contributed by atoms with Crippen molar-refractivity contribution >= 4 is 44.3 Å². The van der Waals surface area contributed by atoms with Gasteiger partial charge in [0.2, 0.25) is 0 Å². The molecule has 0 bridgehead atoms. The van der Waals surface area contributed by atoms with Crippen LogP contribution in [0.25, 0.3) is 21.3 Å². The number of aryl methyl sites for hydroxylation is 1. The second-order valence-electron chi connectivity index (χ2n) is 4.95.